The first kappa shape index (κ1) is 25.7. The summed E-state index contributed by atoms with van der Waals surface area (Å²) < 4.78 is 25.6. The van der Waals surface area contributed by atoms with E-state index >= 15 is 0 Å². The molecule has 3 amide bonds. The first-order valence-electron chi connectivity index (χ1n) is 11.8. The molecule has 9 nitrogen and oxygen atoms in total. The lowest BCUT2D eigenvalue weighted by Crippen LogP contribution is -2.51. The molecule has 38 heavy (non-hydrogen) atoms. The number of pyridine rings is 1. The zero-order valence-corrected chi connectivity index (χ0v) is 21.7. The Kier molecular flexibility index (Phi) is 7.54. The molecule has 0 saturated carbocycles. The fourth-order valence-electron chi connectivity index (χ4n) is 4.33. The standard InChI is InChI=1S/C27H24ClN5O4S/c28-21-8-10-22(11-9-21)30-27(35)32-17-15-31(16-18-32)26(34)20-6-12-23(13-7-20)33(38(36)37)24-5-1-3-19-4-2-14-29-25(19)24/h1-14H,15-18H2,(H,30,35)(H,36,37)/p-1. The van der Waals surface area contributed by atoms with E-state index in [0.717, 1.165) is 9.69 Å². The second kappa shape index (κ2) is 11.2. The number of halogens is 1. The van der Waals surface area contributed by atoms with Crippen LogP contribution in [0.25, 0.3) is 10.9 Å². The van der Waals surface area contributed by atoms with Crippen LogP contribution in [0.2, 0.25) is 5.02 Å². The number of anilines is 3. The maximum Gasteiger partial charge on any atom is 0.321 e. The number of piperazine rings is 1. The van der Waals surface area contributed by atoms with Gasteiger partial charge < -0.3 is 19.7 Å². The van der Waals surface area contributed by atoms with Gasteiger partial charge in [-0.25, -0.2) is 4.79 Å². The molecule has 0 radical (unpaired) electrons. The maximum atomic E-state index is 13.1. The van der Waals surface area contributed by atoms with E-state index in [-0.39, 0.29) is 11.9 Å². The Morgan fingerprint density at radius 2 is 1.55 bits per heavy atom. The van der Waals surface area contributed by atoms with Gasteiger partial charge in [0.25, 0.3) is 5.91 Å². The Hall–Kier alpha value is -3.99. The fraction of sp³-hybridized carbons (Fsp3) is 0.148. The molecule has 1 aliphatic rings. The molecule has 1 saturated heterocycles. The minimum absolute atomic E-state index is 0.184. The predicted molar refractivity (Wildman–Crippen MR) is 147 cm³/mol. The van der Waals surface area contributed by atoms with E-state index in [2.05, 4.69) is 10.3 Å². The number of carbonyl (C=O) groups is 2. The van der Waals surface area contributed by atoms with Crippen LogP contribution in [0, 0.1) is 0 Å². The molecule has 0 bridgehead atoms. The number of carbonyl (C=O) groups excluding carboxylic acids is 2. The molecule has 1 fully saturated rings. The summed E-state index contributed by atoms with van der Waals surface area (Å²) in [5.74, 6) is -0.184. The highest BCUT2D eigenvalue weighted by atomic mass is 35.5. The molecule has 1 atom stereocenters. The Balaban J connectivity index is 1.25. The van der Waals surface area contributed by atoms with E-state index in [4.69, 9.17) is 11.6 Å². The molecular formula is C27H23ClN5O4S-. The van der Waals surface area contributed by atoms with E-state index in [1.54, 1.807) is 82.7 Å². The van der Waals surface area contributed by atoms with Crippen LogP contribution in [0.3, 0.4) is 0 Å². The average molecular weight is 549 g/mol. The highest BCUT2D eigenvalue weighted by molar-refractivity contribution is 7.81. The van der Waals surface area contributed by atoms with E-state index < -0.39 is 11.3 Å². The van der Waals surface area contributed by atoms with E-state index in [9.17, 15) is 18.4 Å². The lowest BCUT2D eigenvalue weighted by molar-refractivity contribution is 0.0671. The van der Waals surface area contributed by atoms with Crippen LogP contribution in [0.5, 0.6) is 0 Å². The fourth-order valence-corrected chi connectivity index (χ4v) is 5.06. The van der Waals surface area contributed by atoms with E-state index in [1.807, 2.05) is 12.1 Å². The molecule has 4 aromatic rings. The quantitative estimate of drug-likeness (QED) is 0.360. The maximum absolute atomic E-state index is 13.1. The van der Waals surface area contributed by atoms with Crippen molar-refractivity contribution in [3.8, 4) is 0 Å². The predicted octanol–water partition coefficient (Wildman–Crippen LogP) is 4.81. The largest absolute Gasteiger partial charge is 0.755 e. The van der Waals surface area contributed by atoms with E-state index in [1.165, 1.54) is 0 Å². The zero-order valence-electron chi connectivity index (χ0n) is 20.1. The Labute approximate surface area is 227 Å². The molecule has 5 rings (SSSR count). The number of nitrogens with one attached hydrogen (secondary N) is 1. The molecule has 11 heteroatoms. The number of benzene rings is 3. The summed E-state index contributed by atoms with van der Waals surface area (Å²) in [5.41, 5.74) is 2.43. The number of hydrogen-bond donors (Lipinski definition) is 1. The summed E-state index contributed by atoms with van der Waals surface area (Å²) in [6.07, 6.45) is 1.61. The highest BCUT2D eigenvalue weighted by Crippen LogP contribution is 2.32. The van der Waals surface area contributed by atoms with Gasteiger partial charge in [-0.15, -0.1) is 0 Å². The van der Waals surface area contributed by atoms with Gasteiger partial charge in [0.2, 0.25) is 0 Å². The second-order valence-electron chi connectivity index (χ2n) is 8.63. The average Bonchev–Trinajstić information content (AvgIpc) is 2.94. The van der Waals surface area contributed by atoms with Crippen LogP contribution < -0.4 is 9.62 Å². The molecule has 0 aliphatic carbocycles. The van der Waals surface area contributed by atoms with E-state index in [0.29, 0.717) is 59.3 Å². The van der Waals surface area contributed by atoms with Crippen LogP contribution in [-0.4, -0.2) is 61.7 Å². The third kappa shape index (κ3) is 5.47. The van der Waals surface area contributed by atoms with Crippen molar-refractivity contribution < 1.29 is 18.4 Å². The third-order valence-electron chi connectivity index (χ3n) is 6.28. The number of fused-ring (bicyclic) bond motifs is 1. The summed E-state index contributed by atoms with van der Waals surface area (Å²) in [7, 11) is 0. The van der Waals surface area contributed by atoms with Gasteiger partial charge in [0, 0.05) is 54.0 Å². The van der Waals surface area contributed by atoms with Crippen molar-refractivity contribution in [1.29, 1.82) is 0 Å². The summed E-state index contributed by atoms with van der Waals surface area (Å²) in [6.45, 7) is 1.54. The van der Waals surface area contributed by atoms with Crippen molar-refractivity contribution in [2.45, 2.75) is 0 Å². The Bertz CT molecular complexity index is 1490. The van der Waals surface area contributed by atoms with Crippen LogP contribution in [-0.2, 0) is 11.3 Å². The molecule has 3 aromatic carbocycles. The summed E-state index contributed by atoms with van der Waals surface area (Å²) in [4.78, 5) is 33.4. The van der Waals surface area contributed by atoms with Gasteiger partial charge in [-0.1, -0.05) is 29.8 Å². The summed E-state index contributed by atoms with van der Waals surface area (Å²) in [5, 5.41) is 4.23. The number of nitrogens with zero attached hydrogens (tertiary/aromatic N) is 4. The Morgan fingerprint density at radius 3 is 2.24 bits per heavy atom. The van der Waals surface area contributed by atoms with Crippen molar-refractivity contribution in [3.63, 3.8) is 0 Å². The molecule has 0 spiro atoms. The molecule has 1 N–H and O–H groups in total. The van der Waals surface area contributed by atoms with Crippen LogP contribution >= 0.6 is 11.6 Å². The lowest BCUT2D eigenvalue weighted by Gasteiger charge is -2.35. The number of aromatic nitrogens is 1. The van der Waals surface area contributed by atoms with Crippen LogP contribution in [0.1, 0.15) is 10.4 Å². The van der Waals surface area contributed by atoms with Crippen molar-refractivity contribution in [3.05, 3.63) is 95.6 Å². The molecule has 1 unspecified atom stereocenters. The lowest BCUT2D eigenvalue weighted by atomic mass is 10.1. The summed E-state index contributed by atoms with van der Waals surface area (Å²) in [6, 6.07) is 22.0. The Morgan fingerprint density at radius 1 is 0.895 bits per heavy atom. The SMILES string of the molecule is O=C(Nc1ccc(Cl)cc1)N1CCN(C(=O)c2ccc(N(c3cccc4cccnc34)S(=O)[O-])cc2)CC1. The summed E-state index contributed by atoms with van der Waals surface area (Å²) >= 11 is 3.28. The molecular weight excluding hydrogens is 526 g/mol. The van der Waals surface area contributed by atoms with Crippen molar-refractivity contribution in [1.82, 2.24) is 14.8 Å². The van der Waals surface area contributed by atoms with Crippen molar-refractivity contribution in [2.24, 2.45) is 0 Å². The van der Waals surface area contributed by atoms with Crippen LogP contribution in [0.15, 0.2) is 85.1 Å². The van der Waals surface area contributed by atoms with Gasteiger partial charge in [0.1, 0.15) is 0 Å². The normalized spacial score (nSPS) is 14.3. The minimum Gasteiger partial charge on any atom is -0.755 e. The minimum atomic E-state index is -2.61. The molecule has 1 aromatic heterocycles. The zero-order chi connectivity index (χ0) is 26.6. The van der Waals surface area contributed by atoms with Crippen molar-refractivity contribution >= 4 is 62.8 Å². The van der Waals surface area contributed by atoms with Gasteiger partial charge in [-0.3, -0.25) is 18.3 Å². The molecule has 1 aliphatic heterocycles. The topological polar surface area (TPSA) is 109 Å². The number of amides is 3. The van der Waals surface area contributed by atoms with Gasteiger partial charge in [-0.2, -0.15) is 0 Å². The monoisotopic (exact) mass is 548 g/mol. The number of urea groups is 1. The number of rotatable bonds is 5. The number of hydrogen-bond acceptors (Lipinski definition) is 5. The number of para-hydroxylation sites is 1. The molecule has 2 heterocycles. The van der Waals surface area contributed by atoms with Gasteiger partial charge in [0.05, 0.1) is 28.2 Å². The van der Waals surface area contributed by atoms with Gasteiger partial charge in [0.15, 0.2) is 0 Å². The molecule has 194 valence electrons. The third-order valence-corrected chi connectivity index (χ3v) is 7.24. The highest BCUT2D eigenvalue weighted by Gasteiger charge is 2.25. The first-order chi connectivity index (χ1) is 18.4. The van der Waals surface area contributed by atoms with Gasteiger partial charge >= 0.3 is 6.03 Å². The van der Waals surface area contributed by atoms with Gasteiger partial charge in [-0.05, 0) is 60.7 Å². The first-order valence-corrected chi connectivity index (χ1v) is 13.3. The second-order valence-corrected chi connectivity index (χ2v) is 9.86. The van der Waals surface area contributed by atoms with Crippen molar-refractivity contribution in [2.75, 3.05) is 35.8 Å². The smallest absolute Gasteiger partial charge is 0.321 e. The van der Waals surface area contributed by atoms with Crippen LogP contribution in [0.4, 0.5) is 21.9 Å².